The van der Waals surface area contributed by atoms with Gasteiger partial charge in [-0.05, 0) is 36.8 Å². The molecule has 0 aliphatic heterocycles. The molecule has 0 aliphatic rings. The number of carbonyl (C=O) groups excluding carboxylic acids is 2. The lowest BCUT2D eigenvalue weighted by Gasteiger charge is -2.15. The van der Waals surface area contributed by atoms with Gasteiger partial charge in [0.25, 0.3) is 11.6 Å². The summed E-state index contributed by atoms with van der Waals surface area (Å²) in [5.41, 5.74) is -0.0933. The Labute approximate surface area is 169 Å². The summed E-state index contributed by atoms with van der Waals surface area (Å²) in [6.07, 6.45) is 0. The number of carbonyl (C=O) groups is 2. The van der Waals surface area contributed by atoms with Crippen LogP contribution in [0.3, 0.4) is 0 Å². The Morgan fingerprint density at radius 1 is 1.15 bits per heavy atom. The van der Waals surface area contributed by atoms with Crippen LogP contribution in [0.4, 0.5) is 5.69 Å². The van der Waals surface area contributed by atoms with Crippen molar-refractivity contribution < 1.29 is 19.2 Å². The summed E-state index contributed by atoms with van der Waals surface area (Å²) in [4.78, 5) is 34.3. The number of ether oxygens (including phenoxy) is 1. The molecule has 0 spiro atoms. The van der Waals surface area contributed by atoms with Gasteiger partial charge < -0.3 is 10.1 Å². The van der Waals surface area contributed by atoms with Crippen LogP contribution in [0, 0.1) is 10.1 Å². The third-order valence-corrected chi connectivity index (χ3v) is 4.51. The molecule has 7 nitrogen and oxygen atoms in total. The average Bonchev–Trinajstić information content (AvgIpc) is 2.61. The highest BCUT2D eigenvalue weighted by Crippen LogP contribution is 2.26. The molecule has 1 amide bonds. The number of nitro groups is 1. The van der Waals surface area contributed by atoms with Crippen LogP contribution in [-0.4, -0.2) is 23.4 Å². The Hall–Kier alpha value is -2.35. The van der Waals surface area contributed by atoms with Crippen LogP contribution >= 0.6 is 34.8 Å². The van der Waals surface area contributed by atoms with Gasteiger partial charge in [-0.25, -0.2) is 4.79 Å². The minimum Gasteiger partial charge on any atom is -0.452 e. The molecule has 0 heterocycles. The van der Waals surface area contributed by atoms with Crippen LogP contribution in [0.1, 0.15) is 28.9 Å². The molecular formula is C17H13Cl3N2O5. The van der Waals surface area contributed by atoms with E-state index < -0.39 is 35.1 Å². The highest BCUT2D eigenvalue weighted by Gasteiger charge is 2.23. The number of benzene rings is 2. The number of nitro benzene ring substituents is 1. The molecule has 0 saturated carbocycles. The first-order chi connectivity index (χ1) is 12.7. The lowest BCUT2D eigenvalue weighted by atomic mass is 10.1. The van der Waals surface area contributed by atoms with Gasteiger partial charge in [0.15, 0.2) is 6.61 Å². The molecule has 2 rings (SSSR count). The molecule has 2 aromatic rings. The molecule has 1 unspecified atom stereocenters. The van der Waals surface area contributed by atoms with E-state index in [1.54, 1.807) is 25.1 Å². The lowest BCUT2D eigenvalue weighted by Crippen LogP contribution is -2.31. The van der Waals surface area contributed by atoms with E-state index in [9.17, 15) is 19.7 Å². The molecule has 1 N–H and O–H groups in total. The minimum atomic E-state index is -1.00. The number of hydrogen-bond acceptors (Lipinski definition) is 5. The quantitative estimate of drug-likeness (QED) is 0.410. The number of amides is 1. The summed E-state index contributed by atoms with van der Waals surface area (Å²) in [6, 6.07) is 8.00. The first-order valence-electron chi connectivity index (χ1n) is 7.54. The zero-order valence-electron chi connectivity index (χ0n) is 13.9. The van der Waals surface area contributed by atoms with Gasteiger partial charge in [0.1, 0.15) is 5.56 Å². The fourth-order valence-corrected chi connectivity index (χ4v) is 2.66. The van der Waals surface area contributed by atoms with Crippen LogP contribution in [0.5, 0.6) is 0 Å². The van der Waals surface area contributed by atoms with Crippen molar-refractivity contribution >= 4 is 52.4 Å². The number of nitrogens with one attached hydrogen (secondary N) is 1. The summed E-state index contributed by atoms with van der Waals surface area (Å²) in [7, 11) is 0. The predicted octanol–water partition coefficient (Wildman–Crippen LogP) is 4.59. The van der Waals surface area contributed by atoms with E-state index in [0.717, 1.165) is 6.07 Å². The van der Waals surface area contributed by atoms with Crippen LogP contribution < -0.4 is 5.32 Å². The number of hydrogen-bond donors (Lipinski definition) is 1. The molecule has 142 valence electrons. The second-order valence-corrected chi connectivity index (χ2v) is 6.71. The summed E-state index contributed by atoms with van der Waals surface area (Å²) >= 11 is 17.5. The lowest BCUT2D eigenvalue weighted by molar-refractivity contribution is -0.385. The van der Waals surface area contributed by atoms with Crippen molar-refractivity contribution in [1.29, 1.82) is 0 Å². The Balaban J connectivity index is 1.98. The first kappa shape index (κ1) is 21.0. The normalized spacial score (nSPS) is 11.6. The summed E-state index contributed by atoms with van der Waals surface area (Å²) in [5, 5.41) is 14.5. The smallest absolute Gasteiger partial charge is 0.345 e. The molecular weight excluding hydrogens is 419 g/mol. The second kappa shape index (κ2) is 9.03. The highest BCUT2D eigenvalue weighted by molar-refractivity contribution is 6.42. The maximum Gasteiger partial charge on any atom is 0.345 e. The maximum absolute atomic E-state index is 12.0. The number of halogens is 3. The highest BCUT2D eigenvalue weighted by atomic mass is 35.5. The van der Waals surface area contributed by atoms with Crippen molar-refractivity contribution in [3.63, 3.8) is 0 Å². The number of nitrogens with zero attached hydrogens (tertiary/aromatic N) is 1. The van der Waals surface area contributed by atoms with E-state index in [2.05, 4.69) is 5.32 Å². The van der Waals surface area contributed by atoms with Crippen molar-refractivity contribution in [2.24, 2.45) is 0 Å². The van der Waals surface area contributed by atoms with Gasteiger partial charge in [0, 0.05) is 11.1 Å². The van der Waals surface area contributed by atoms with Crippen molar-refractivity contribution in [2.45, 2.75) is 13.0 Å². The molecule has 27 heavy (non-hydrogen) atoms. The van der Waals surface area contributed by atoms with Crippen LogP contribution in [0.25, 0.3) is 0 Å². The van der Waals surface area contributed by atoms with Gasteiger partial charge in [0.05, 0.1) is 21.0 Å². The predicted molar refractivity (Wildman–Crippen MR) is 101 cm³/mol. The van der Waals surface area contributed by atoms with Crippen molar-refractivity contribution in [1.82, 2.24) is 5.32 Å². The van der Waals surface area contributed by atoms with Crippen molar-refractivity contribution in [2.75, 3.05) is 6.61 Å². The second-order valence-electron chi connectivity index (χ2n) is 5.46. The van der Waals surface area contributed by atoms with E-state index >= 15 is 0 Å². The SMILES string of the molecule is CC(NC(=O)COC(=O)c1ccc(Cl)cc1[N+](=O)[O-])c1ccc(Cl)c(Cl)c1. The standard InChI is InChI=1S/C17H13Cl3N2O5/c1-9(10-2-5-13(19)14(20)6-10)21-16(23)8-27-17(24)12-4-3-11(18)7-15(12)22(25)26/h2-7,9H,8H2,1H3,(H,21,23). The minimum absolute atomic E-state index is 0.103. The van der Waals surface area contributed by atoms with E-state index in [4.69, 9.17) is 39.5 Å². The Morgan fingerprint density at radius 2 is 1.85 bits per heavy atom. The van der Waals surface area contributed by atoms with Gasteiger partial charge in [0.2, 0.25) is 0 Å². The molecule has 0 radical (unpaired) electrons. The maximum atomic E-state index is 12.0. The summed E-state index contributed by atoms with van der Waals surface area (Å²) in [6.45, 7) is 1.10. The van der Waals surface area contributed by atoms with Gasteiger partial charge in [-0.3, -0.25) is 14.9 Å². The molecule has 0 bridgehead atoms. The Kier molecular flexibility index (Phi) is 7.01. The molecule has 0 fully saturated rings. The zero-order chi connectivity index (χ0) is 20.1. The number of rotatable bonds is 6. The van der Waals surface area contributed by atoms with E-state index in [1.165, 1.54) is 12.1 Å². The van der Waals surface area contributed by atoms with E-state index in [-0.39, 0.29) is 10.6 Å². The van der Waals surface area contributed by atoms with E-state index in [1.807, 2.05) is 0 Å². The summed E-state index contributed by atoms with van der Waals surface area (Å²) in [5.74, 6) is -1.59. The molecule has 0 saturated heterocycles. The zero-order valence-corrected chi connectivity index (χ0v) is 16.1. The molecule has 10 heteroatoms. The summed E-state index contributed by atoms with van der Waals surface area (Å²) < 4.78 is 4.85. The molecule has 2 aromatic carbocycles. The average molecular weight is 432 g/mol. The van der Waals surface area contributed by atoms with Gasteiger partial charge in [-0.2, -0.15) is 0 Å². The van der Waals surface area contributed by atoms with Gasteiger partial charge in [-0.1, -0.05) is 40.9 Å². The van der Waals surface area contributed by atoms with Crippen LogP contribution in [0.2, 0.25) is 15.1 Å². The number of esters is 1. The Bertz CT molecular complexity index is 904. The van der Waals surface area contributed by atoms with Crippen LogP contribution in [0.15, 0.2) is 36.4 Å². The van der Waals surface area contributed by atoms with Crippen molar-refractivity contribution in [3.05, 3.63) is 72.7 Å². The molecule has 0 aliphatic carbocycles. The third-order valence-electron chi connectivity index (χ3n) is 3.53. The fraction of sp³-hybridized carbons (Fsp3) is 0.176. The first-order valence-corrected chi connectivity index (χ1v) is 8.67. The van der Waals surface area contributed by atoms with Gasteiger partial charge >= 0.3 is 5.97 Å². The third kappa shape index (κ3) is 5.56. The largest absolute Gasteiger partial charge is 0.452 e. The van der Waals surface area contributed by atoms with Gasteiger partial charge in [-0.15, -0.1) is 0 Å². The molecule has 0 aromatic heterocycles. The van der Waals surface area contributed by atoms with Crippen molar-refractivity contribution in [3.8, 4) is 0 Å². The van der Waals surface area contributed by atoms with Crippen LogP contribution in [-0.2, 0) is 9.53 Å². The fourth-order valence-electron chi connectivity index (χ4n) is 2.19. The topological polar surface area (TPSA) is 98.5 Å². The monoisotopic (exact) mass is 430 g/mol. The molecule has 1 atom stereocenters. The Morgan fingerprint density at radius 3 is 2.48 bits per heavy atom. The van der Waals surface area contributed by atoms with E-state index in [0.29, 0.717) is 15.6 Å².